The zero-order chi connectivity index (χ0) is 28.7. The van der Waals surface area contributed by atoms with E-state index in [2.05, 4.69) is 38.0 Å². The van der Waals surface area contributed by atoms with Gasteiger partial charge in [0.15, 0.2) is 0 Å². The van der Waals surface area contributed by atoms with Crippen LogP contribution in [0, 0.1) is 3.57 Å². The molecular formula is C24H32IN3O10. The highest BCUT2D eigenvalue weighted by atomic mass is 127. The SMILES string of the molecule is CN(CCC(=O)NCCCC[C@H](NC(=O)O[C@@H](CCC(=O)O)C(=O)O)C(=O)O)C(=O)Cc1ccc(I)cc1. The van der Waals surface area contributed by atoms with Gasteiger partial charge in [0.05, 0.1) is 6.42 Å². The van der Waals surface area contributed by atoms with Crippen LogP contribution in [0.2, 0.25) is 0 Å². The van der Waals surface area contributed by atoms with E-state index in [4.69, 9.17) is 10.2 Å². The maximum atomic E-state index is 12.3. The second-order valence-electron chi connectivity index (χ2n) is 8.41. The molecule has 1 aromatic rings. The Morgan fingerprint density at radius 1 is 0.947 bits per heavy atom. The number of likely N-dealkylation sites (N-methyl/N-ethyl adjacent to an activating group) is 1. The Balaban J connectivity index is 2.31. The molecule has 0 aliphatic rings. The Morgan fingerprint density at radius 2 is 1.61 bits per heavy atom. The predicted molar refractivity (Wildman–Crippen MR) is 141 cm³/mol. The van der Waals surface area contributed by atoms with Crippen LogP contribution in [0.25, 0.3) is 0 Å². The molecule has 0 heterocycles. The number of alkyl carbamates (subject to hydrolysis) is 1. The molecule has 38 heavy (non-hydrogen) atoms. The number of amides is 3. The number of unbranched alkanes of at least 4 members (excludes halogenated alkanes) is 1. The molecule has 3 amide bonds. The largest absolute Gasteiger partial charge is 0.481 e. The number of rotatable bonds is 17. The molecule has 0 spiro atoms. The molecule has 0 aliphatic heterocycles. The van der Waals surface area contributed by atoms with Gasteiger partial charge in [-0.15, -0.1) is 0 Å². The van der Waals surface area contributed by atoms with Crippen LogP contribution in [0.4, 0.5) is 4.79 Å². The summed E-state index contributed by atoms with van der Waals surface area (Å²) >= 11 is 2.18. The molecule has 0 unspecified atom stereocenters. The van der Waals surface area contributed by atoms with Gasteiger partial charge in [0.1, 0.15) is 6.04 Å². The Kier molecular flexibility index (Phi) is 14.7. The smallest absolute Gasteiger partial charge is 0.408 e. The summed E-state index contributed by atoms with van der Waals surface area (Å²) in [7, 11) is 1.62. The monoisotopic (exact) mass is 649 g/mol. The molecular weight excluding hydrogens is 617 g/mol. The summed E-state index contributed by atoms with van der Waals surface area (Å²) in [5.41, 5.74) is 0.883. The number of carboxylic acid groups (broad SMARTS) is 3. The maximum absolute atomic E-state index is 12.3. The highest BCUT2D eigenvalue weighted by molar-refractivity contribution is 14.1. The third-order valence-corrected chi connectivity index (χ3v) is 6.06. The first-order valence-corrected chi connectivity index (χ1v) is 12.9. The Hall–Kier alpha value is -3.43. The fourth-order valence-electron chi connectivity index (χ4n) is 3.15. The number of nitrogens with one attached hydrogen (secondary N) is 2. The third kappa shape index (κ3) is 13.8. The first-order chi connectivity index (χ1) is 17.9. The van der Waals surface area contributed by atoms with E-state index < -0.39 is 49.0 Å². The highest BCUT2D eigenvalue weighted by Gasteiger charge is 2.26. The van der Waals surface area contributed by atoms with Gasteiger partial charge in [0.25, 0.3) is 0 Å². The van der Waals surface area contributed by atoms with Crippen molar-refractivity contribution in [3.8, 4) is 0 Å². The van der Waals surface area contributed by atoms with Crippen molar-refractivity contribution >= 4 is 58.4 Å². The number of carboxylic acids is 3. The van der Waals surface area contributed by atoms with Gasteiger partial charge in [0.2, 0.25) is 17.9 Å². The Bertz CT molecular complexity index is 986. The lowest BCUT2D eigenvalue weighted by Crippen LogP contribution is -2.43. The summed E-state index contributed by atoms with van der Waals surface area (Å²) in [6.45, 7) is 0.498. The van der Waals surface area contributed by atoms with Gasteiger partial charge < -0.3 is 35.6 Å². The fourth-order valence-corrected chi connectivity index (χ4v) is 3.51. The van der Waals surface area contributed by atoms with E-state index in [9.17, 15) is 33.9 Å². The van der Waals surface area contributed by atoms with E-state index >= 15 is 0 Å². The van der Waals surface area contributed by atoms with Crippen molar-refractivity contribution in [2.45, 2.75) is 57.1 Å². The molecule has 13 nitrogen and oxygen atoms in total. The zero-order valence-corrected chi connectivity index (χ0v) is 23.0. The Morgan fingerprint density at radius 3 is 2.18 bits per heavy atom. The second-order valence-corrected chi connectivity index (χ2v) is 9.66. The van der Waals surface area contributed by atoms with Crippen LogP contribution in [0.5, 0.6) is 0 Å². The molecule has 2 atom stereocenters. The minimum absolute atomic E-state index is 0.0110. The summed E-state index contributed by atoms with van der Waals surface area (Å²) in [5, 5.41) is 31.7. The van der Waals surface area contributed by atoms with E-state index in [0.717, 1.165) is 9.13 Å². The lowest BCUT2D eigenvalue weighted by Gasteiger charge is -2.18. The first-order valence-electron chi connectivity index (χ1n) is 11.8. The summed E-state index contributed by atoms with van der Waals surface area (Å²) in [5.74, 6) is -4.56. The molecule has 0 fully saturated rings. The van der Waals surface area contributed by atoms with E-state index in [0.29, 0.717) is 12.8 Å². The van der Waals surface area contributed by atoms with Crippen molar-refractivity contribution in [3.63, 3.8) is 0 Å². The number of ether oxygens (including phenoxy) is 1. The molecule has 1 rings (SSSR count). The third-order valence-electron chi connectivity index (χ3n) is 5.35. The van der Waals surface area contributed by atoms with E-state index in [-0.39, 0.29) is 44.2 Å². The molecule has 1 aromatic carbocycles. The minimum atomic E-state index is -1.73. The molecule has 0 saturated carbocycles. The first kappa shape index (κ1) is 32.6. The van der Waals surface area contributed by atoms with Gasteiger partial charge in [-0.05, 0) is 59.5 Å². The van der Waals surface area contributed by atoms with E-state index in [1.54, 1.807) is 7.05 Å². The molecule has 0 radical (unpaired) electrons. The van der Waals surface area contributed by atoms with Crippen LogP contribution in [0.15, 0.2) is 24.3 Å². The summed E-state index contributed by atoms with van der Waals surface area (Å²) in [4.78, 5) is 70.8. The predicted octanol–water partition coefficient (Wildman–Crippen LogP) is 1.47. The molecule has 210 valence electrons. The van der Waals surface area contributed by atoms with Crippen molar-refractivity contribution in [1.82, 2.24) is 15.5 Å². The van der Waals surface area contributed by atoms with Gasteiger partial charge in [-0.3, -0.25) is 14.4 Å². The number of halogens is 1. The van der Waals surface area contributed by atoms with Crippen LogP contribution >= 0.6 is 22.6 Å². The van der Waals surface area contributed by atoms with E-state index in [1.807, 2.05) is 24.3 Å². The van der Waals surface area contributed by atoms with Crippen LogP contribution in [-0.2, 0) is 35.1 Å². The van der Waals surface area contributed by atoms with Gasteiger partial charge >= 0.3 is 24.0 Å². The maximum Gasteiger partial charge on any atom is 0.408 e. The van der Waals surface area contributed by atoms with Gasteiger partial charge in [-0.25, -0.2) is 14.4 Å². The fraction of sp³-hybridized carbons (Fsp3) is 0.500. The summed E-state index contributed by atoms with van der Waals surface area (Å²) in [6.07, 6.45) is -2.98. The average Bonchev–Trinajstić information content (AvgIpc) is 2.84. The van der Waals surface area contributed by atoms with Crippen molar-refractivity contribution < 1.29 is 48.8 Å². The standard InChI is InChI=1S/C24H32IN3O10/c1-28(20(30)14-15-5-7-16(25)8-6-15)13-11-19(29)26-12-3-2-4-17(22(33)34)27-24(37)38-18(23(35)36)9-10-21(31)32/h5-8,17-18H,2-4,9-14H2,1H3,(H,26,29)(H,27,37)(H,31,32)(H,33,34)(H,35,36)/t17-,18-/m0/s1. The van der Waals surface area contributed by atoms with Crippen molar-refractivity contribution in [2.24, 2.45) is 0 Å². The molecule has 5 N–H and O–H groups in total. The molecule has 0 saturated heterocycles. The second kappa shape index (κ2) is 17.1. The number of carbonyl (C=O) groups is 6. The number of hydrogen-bond donors (Lipinski definition) is 5. The van der Waals surface area contributed by atoms with Crippen LogP contribution in [0.3, 0.4) is 0 Å². The number of hydrogen-bond acceptors (Lipinski definition) is 7. The quantitative estimate of drug-likeness (QED) is 0.122. The van der Waals surface area contributed by atoms with Crippen molar-refractivity contribution in [3.05, 3.63) is 33.4 Å². The van der Waals surface area contributed by atoms with Crippen molar-refractivity contribution in [2.75, 3.05) is 20.1 Å². The lowest BCUT2D eigenvalue weighted by atomic mass is 10.1. The number of benzene rings is 1. The number of carbonyl (C=O) groups excluding carboxylic acids is 3. The van der Waals surface area contributed by atoms with Crippen LogP contribution in [0.1, 0.15) is 44.1 Å². The highest BCUT2D eigenvalue weighted by Crippen LogP contribution is 2.09. The molecule has 0 aliphatic carbocycles. The van der Waals surface area contributed by atoms with Crippen LogP contribution < -0.4 is 10.6 Å². The molecule has 14 heteroatoms. The topological polar surface area (TPSA) is 200 Å². The Labute approximate surface area is 233 Å². The lowest BCUT2D eigenvalue weighted by molar-refractivity contribution is -0.148. The van der Waals surface area contributed by atoms with E-state index in [1.165, 1.54) is 4.90 Å². The zero-order valence-electron chi connectivity index (χ0n) is 20.9. The minimum Gasteiger partial charge on any atom is -0.481 e. The summed E-state index contributed by atoms with van der Waals surface area (Å²) < 4.78 is 5.71. The van der Waals surface area contributed by atoms with Crippen molar-refractivity contribution in [1.29, 1.82) is 0 Å². The average molecular weight is 649 g/mol. The van der Waals surface area contributed by atoms with Crippen LogP contribution in [-0.4, -0.2) is 88.3 Å². The van der Waals surface area contributed by atoms with Gasteiger partial charge in [-0.1, -0.05) is 12.1 Å². The normalized spacial score (nSPS) is 12.1. The molecule has 0 aromatic heterocycles. The van der Waals surface area contributed by atoms with Gasteiger partial charge in [-0.2, -0.15) is 0 Å². The number of nitrogens with zero attached hydrogens (tertiary/aromatic N) is 1. The summed E-state index contributed by atoms with van der Waals surface area (Å²) in [6, 6.07) is 6.22. The molecule has 0 bridgehead atoms. The van der Waals surface area contributed by atoms with Gasteiger partial charge in [0, 0.05) is 43.0 Å². The number of aliphatic carboxylic acids is 3.